The summed E-state index contributed by atoms with van der Waals surface area (Å²) in [6.07, 6.45) is 3.74. The van der Waals surface area contributed by atoms with Crippen molar-refractivity contribution in [1.82, 2.24) is 0 Å². The van der Waals surface area contributed by atoms with E-state index in [2.05, 4.69) is 6.58 Å². The van der Waals surface area contributed by atoms with Gasteiger partial charge in [-0.1, -0.05) is 12.7 Å². The lowest BCUT2D eigenvalue weighted by atomic mass is 10.5. The highest BCUT2D eigenvalue weighted by Gasteiger charge is 1.79. The fraction of sp³-hybridized carbons (Fsp3) is 0.429. The maximum atomic E-state index is 5.00. The van der Waals surface area contributed by atoms with Gasteiger partial charge < -0.3 is 4.74 Å². The zero-order chi connectivity index (χ0) is 6.41. The van der Waals surface area contributed by atoms with Crippen LogP contribution in [0.5, 0.6) is 0 Å². The summed E-state index contributed by atoms with van der Waals surface area (Å²) in [6, 6.07) is 0. The molecule has 46 valence electrons. The molecule has 0 N–H and O–H groups in total. The number of allylic oxidation sites excluding steroid dienone is 2. The molecule has 0 rings (SSSR count). The molecule has 1 nitrogen and oxygen atoms in total. The van der Waals surface area contributed by atoms with E-state index in [-0.39, 0.29) is 0 Å². The summed E-state index contributed by atoms with van der Waals surface area (Å²) in [5, 5.41) is 0. The molecule has 0 aliphatic heterocycles. The van der Waals surface area contributed by atoms with Crippen LogP contribution in [0, 0.1) is 0 Å². The van der Waals surface area contributed by atoms with E-state index in [4.69, 9.17) is 4.74 Å². The SMILES string of the molecule is C=C(/C=C/C)OCC. The Kier molecular flexibility index (Phi) is 4.04. The Balaban J connectivity index is 3.33. The van der Waals surface area contributed by atoms with Crippen LogP contribution in [0.1, 0.15) is 13.8 Å². The standard InChI is InChI=1S/C7H12O/c1-4-6-7(3)8-5-2/h4,6H,3,5H2,1-2H3/b6-4+. The topological polar surface area (TPSA) is 9.23 Å². The van der Waals surface area contributed by atoms with Crippen molar-refractivity contribution in [3.05, 3.63) is 24.5 Å². The van der Waals surface area contributed by atoms with Crippen molar-refractivity contribution in [3.8, 4) is 0 Å². The van der Waals surface area contributed by atoms with Crippen molar-refractivity contribution in [2.75, 3.05) is 6.61 Å². The van der Waals surface area contributed by atoms with E-state index in [9.17, 15) is 0 Å². The number of ether oxygens (including phenoxy) is 1. The van der Waals surface area contributed by atoms with Crippen molar-refractivity contribution in [1.29, 1.82) is 0 Å². The van der Waals surface area contributed by atoms with Crippen LogP contribution in [0.25, 0.3) is 0 Å². The van der Waals surface area contributed by atoms with Crippen molar-refractivity contribution >= 4 is 0 Å². The lowest BCUT2D eigenvalue weighted by Gasteiger charge is -1.98. The number of hydrogen-bond donors (Lipinski definition) is 0. The van der Waals surface area contributed by atoms with E-state index in [0.717, 1.165) is 5.76 Å². The van der Waals surface area contributed by atoms with Gasteiger partial charge in [0.25, 0.3) is 0 Å². The first-order valence-corrected chi connectivity index (χ1v) is 2.75. The summed E-state index contributed by atoms with van der Waals surface area (Å²) in [5.41, 5.74) is 0. The molecule has 0 radical (unpaired) electrons. The molecule has 0 saturated carbocycles. The van der Waals surface area contributed by atoms with Crippen molar-refractivity contribution in [2.45, 2.75) is 13.8 Å². The van der Waals surface area contributed by atoms with Gasteiger partial charge in [-0.3, -0.25) is 0 Å². The predicted molar refractivity (Wildman–Crippen MR) is 35.6 cm³/mol. The van der Waals surface area contributed by atoms with Crippen LogP contribution in [0.4, 0.5) is 0 Å². The molecule has 0 spiro atoms. The van der Waals surface area contributed by atoms with E-state index in [1.54, 1.807) is 0 Å². The van der Waals surface area contributed by atoms with E-state index < -0.39 is 0 Å². The zero-order valence-electron chi connectivity index (χ0n) is 5.48. The van der Waals surface area contributed by atoms with Gasteiger partial charge in [0.15, 0.2) is 0 Å². The van der Waals surface area contributed by atoms with E-state index in [0.29, 0.717) is 6.61 Å². The molecule has 8 heavy (non-hydrogen) atoms. The third-order valence-corrected chi connectivity index (χ3v) is 0.682. The van der Waals surface area contributed by atoms with E-state index >= 15 is 0 Å². The number of rotatable bonds is 3. The average Bonchev–Trinajstić information content (AvgIpc) is 1.68. The Morgan fingerprint density at radius 2 is 2.38 bits per heavy atom. The fourth-order valence-corrected chi connectivity index (χ4v) is 0.419. The highest BCUT2D eigenvalue weighted by Crippen LogP contribution is 1.92. The first-order valence-electron chi connectivity index (χ1n) is 2.75. The molecule has 1 heteroatoms. The Labute approximate surface area is 50.7 Å². The Morgan fingerprint density at radius 3 is 2.75 bits per heavy atom. The van der Waals surface area contributed by atoms with Gasteiger partial charge in [-0.15, -0.1) is 0 Å². The average molecular weight is 112 g/mol. The fourth-order valence-electron chi connectivity index (χ4n) is 0.419. The Morgan fingerprint density at radius 1 is 1.75 bits per heavy atom. The minimum absolute atomic E-state index is 0.698. The number of hydrogen-bond acceptors (Lipinski definition) is 1. The first kappa shape index (κ1) is 7.28. The molecule has 0 bridgehead atoms. The van der Waals surface area contributed by atoms with Gasteiger partial charge in [-0.25, -0.2) is 0 Å². The molecular weight excluding hydrogens is 100 g/mol. The minimum Gasteiger partial charge on any atom is -0.495 e. The molecule has 0 aromatic rings. The van der Waals surface area contributed by atoms with Crippen LogP contribution in [-0.4, -0.2) is 6.61 Å². The molecule has 0 amide bonds. The summed E-state index contributed by atoms with van der Waals surface area (Å²) < 4.78 is 5.00. The van der Waals surface area contributed by atoms with Crippen molar-refractivity contribution in [3.63, 3.8) is 0 Å². The largest absolute Gasteiger partial charge is 0.495 e. The van der Waals surface area contributed by atoms with Crippen LogP contribution < -0.4 is 0 Å². The van der Waals surface area contributed by atoms with E-state index in [1.807, 2.05) is 26.0 Å². The second-order valence-electron chi connectivity index (χ2n) is 1.40. The molecular formula is C7H12O. The molecule has 0 aromatic heterocycles. The third-order valence-electron chi connectivity index (χ3n) is 0.682. The molecule has 0 aromatic carbocycles. The van der Waals surface area contributed by atoms with Crippen LogP contribution in [0.3, 0.4) is 0 Å². The molecule has 0 atom stereocenters. The van der Waals surface area contributed by atoms with Crippen LogP contribution in [-0.2, 0) is 4.74 Å². The van der Waals surface area contributed by atoms with Gasteiger partial charge in [-0.05, 0) is 19.9 Å². The maximum absolute atomic E-state index is 5.00. The second kappa shape index (κ2) is 4.44. The normalized spacial score (nSPS) is 9.75. The molecule has 0 saturated heterocycles. The third kappa shape index (κ3) is 3.47. The quantitative estimate of drug-likeness (QED) is 0.401. The first-order chi connectivity index (χ1) is 3.81. The lowest BCUT2D eigenvalue weighted by Crippen LogP contribution is -1.84. The smallest absolute Gasteiger partial charge is 0.111 e. The summed E-state index contributed by atoms with van der Waals surface area (Å²) in [6.45, 7) is 8.20. The van der Waals surface area contributed by atoms with Crippen LogP contribution in [0.2, 0.25) is 0 Å². The summed E-state index contributed by atoms with van der Waals surface area (Å²) >= 11 is 0. The Hall–Kier alpha value is -0.720. The molecule has 0 unspecified atom stereocenters. The molecule has 0 aliphatic rings. The van der Waals surface area contributed by atoms with Gasteiger partial charge in [0, 0.05) is 0 Å². The summed E-state index contributed by atoms with van der Waals surface area (Å²) in [7, 11) is 0. The minimum atomic E-state index is 0.698. The molecule has 0 heterocycles. The monoisotopic (exact) mass is 112 g/mol. The Bertz CT molecular complexity index is 92.6. The summed E-state index contributed by atoms with van der Waals surface area (Å²) in [5.74, 6) is 0.731. The van der Waals surface area contributed by atoms with E-state index in [1.165, 1.54) is 0 Å². The lowest BCUT2D eigenvalue weighted by molar-refractivity contribution is 0.244. The van der Waals surface area contributed by atoms with Crippen LogP contribution >= 0.6 is 0 Å². The van der Waals surface area contributed by atoms with Gasteiger partial charge >= 0.3 is 0 Å². The molecule has 0 aliphatic carbocycles. The van der Waals surface area contributed by atoms with Gasteiger partial charge in [0.05, 0.1) is 6.61 Å². The van der Waals surface area contributed by atoms with Crippen molar-refractivity contribution in [2.24, 2.45) is 0 Å². The van der Waals surface area contributed by atoms with Gasteiger partial charge in [-0.2, -0.15) is 0 Å². The highest BCUT2D eigenvalue weighted by molar-refractivity contribution is 5.05. The second-order valence-corrected chi connectivity index (χ2v) is 1.40. The van der Waals surface area contributed by atoms with Crippen LogP contribution in [0.15, 0.2) is 24.5 Å². The van der Waals surface area contributed by atoms with Gasteiger partial charge in [0.1, 0.15) is 5.76 Å². The molecule has 0 fully saturated rings. The van der Waals surface area contributed by atoms with Gasteiger partial charge in [0.2, 0.25) is 0 Å². The zero-order valence-corrected chi connectivity index (χ0v) is 5.48. The summed E-state index contributed by atoms with van der Waals surface area (Å²) in [4.78, 5) is 0. The maximum Gasteiger partial charge on any atom is 0.111 e. The highest BCUT2D eigenvalue weighted by atomic mass is 16.5. The van der Waals surface area contributed by atoms with Crippen molar-refractivity contribution < 1.29 is 4.74 Å². The predicted octanol–water partition coefficient (Wildman–Crippen LogP) is 2.11.